The minimum atomic E-state index is 0.421. The highest BCUT2D eigenvalue weighted by molar-refractivity contribution is 5.41. The fourth-order valence-electron chi connectivity index (χ4n) is 1.92. The topological polar surface area (TPSA) is 28.2 Å². The number of aromatic nitrogens is 1. The van der Waals surface area contributed by atoms with E-state index in [0.717, 1.165) is 31.1 Å². The van der Waals surface area contributed by atoms with Gasteiger partial charge < -0.3 is 10.2 Å². The van der Waals surface area contributed by atoms with Crippen molar-refractivity contribution in [2.45, 2.75) is 40.3 Å². The third-order valence-electron chi connectivity index (χ3n) is 2.89. The maximum Gasteiger partial charge on any atom is 0.129 e. The van der Waals surface area contributed by atoms with Crippen molar-refractivity contribution in [3.63, 3.8) is 0 Å². The molecule has 1 aromatic heterocycles. The molecule has 1 heterocycles. The van der Waals surface area contributed by atoms with Crippen LogP contribution in [0.3, 0.4) is 0 Å². The summed E-state index contributed by atoms with van der Waals surface area (Å²) >= 11 is 0. The zero-order valence-electron chi connectivity index (χ0n) is 12.7. The van der Waals surface area contributed by atoms with Gasteiger partial charge in [-0.15, -0.1) is 6.58 Å². The summed E-state index contributed by atoms with van der Waals surface area (Å²) < 4.78 is 0. The SMILES string of the molecule is C=CCN(c1cccc(CNCC(C)C)n1)C(C)C. The lowest BCUT2D eigenvalue weighted by molar-refractivity contribution is 0.548. The predicted molar refractivity (Wildman–Crippen MR) is 83.5 cm³/mol. The Morgan fingerprint density at radius 2 is 2.05 bits per heavy atom. The van der Waals surface area contributed by atoms with Gasteiger partial charge in [0.25, 0.3) is 0 Å². The molecule has 0 bridgehead atoms. The summed E-state index contributed by atoms with van der Waals surface area (Å²) in [5.74, 6) is 1.69. The molecule has 1 rings (SSSR count). The van der Waals surface area contributed by atoms with Gasteiger partial charge in [0.15, 0.2) is 0 Å². The van der Waals surface area contributed by atoms with Gasteiger partial charge in [-0.25, -0.2) is 4.98 Å². The molecule has 0 spiro atoms. The lowest BCUT2D eigenvalue weighted by atomic mass is 10.2. The second kappa shape index (κ2) is 7.95. The lowest BCUT2D eigenvalue weighted by Gasteiger charge is -2.26. The first-order valence-electron chi connectivity index (χ1n) is 7.08. The molecule has 0 aromatic carbocycles. The Balaban J connectivity index is 2.71. The van der Waals surface area contributed by atoms with Gasteiger partial charge in [-0.1, -0.05) is 26.0 Å². The van der Waals surface area contributed by atoms with Crippen LogP contribution in [-0.2, 0) is 6.54 Å². The Morgan fingerprint density at radius 3 is 2.63 bits per heavy atom. The highest BCUT2D eigenvalue weighted by atomic mass is 15.2. The maximum absolute atomic E-state index is 4.73. The van der Waals surface area contributed by atoms with Crippen LogP contribution in [0.5, 0.6) is 0 Å². The minimum Gasteiger partial charge on any atom is -0.350 e. The molecule has 0 saturated carbocycles. The van der Waals surface area contributed by atoms with Gasteiger partial charge in [0, 0.05) is 19.1 Å². The Morgan fingerprint density at radius 1 is 1.32 bits per heavy atom. The monoisotopic (exact) mass is 261 g/mol. The van der Waals surface area contributed by atoms with Crippen LogP contribution in [0.2, 0.25) is 0 Å². The van der Waals surface area contributed by atoms with Crippen LogP contribution in [0, 0.1) is 5.92 Å². The van der Waals surface area contributed by atoms with E-state index in [-0.39, 0.29) is 0 Å². The number of pyridine rings is 1. The number of nitrogens with one attached hydrogen (secondary N) is 1. The summed E-state index contributed by atoms with van der Waals surface area (Å²) in [5, 5.41) is 3.43. The molecule has 0 unspecified atom stereocenters. The summed E-state index contributed by atoms with van der Waals surface area (Å²) in [6.07, 6.45) is 1.92. The highest BCUT2D eigenvalue weighted by Gasteiger charge is 2.10. The van der Waals surface area contributed by atoms with Crippen LogP contribution in [0.25, 0.3) is 0 Å². The van der Waals surface area contributed by atoms with Crippen molar-refractivity contribution in [3.05, 3.63) is 36.5 Å². The number of hydrogen-bond acceptors (Lipinski definition) is 3. The van der Waals surface area contributed by atoms with E-state index in [9.17, 15) is 0 Å². The average molecular weight is 261 g/mol. The number of hydrogen-bond donors (Lipinski definition) is 1. The molecule has 19 heavy (non-hydrogen) atoms. The third kappa shape index (κ3) is 5.43. The Kier molecular flexibility index (Phi) is 6.57. The molecule has 1 N–H and O–H groups in total. The maximum atomic E-state index is 4.73. The van der Waals surface area contributed by atoms with E-state index < -0.39 is 0 Å². The van der Waals surface area contributed by atoms with Gasteiger partial charge in [-0.3, -0.25) is 0 Å². The van der Waals surface area contributed by atoms with Crippen LogP contribution < -0.4 is 10.2 Å². The van der Waals surface area contributed by atoms with E-state index in [2.05, 4.69) is 62.7 Å². The first-order chi connectivity index (χ1) is 9.04. The standard InChI is InChI=1S/C16H27N3/c1-6-10-19(14(4)5)16-9-7-8-15(18-16)12-17-11-13(2)3/h6-9,13-14,17H,1,10-12H2,2-5H3. The second-order valence-corrected chi connectivity index (χ2v) is 5.55. The van der Waals surface area contributed by atoms with E-state index >= 15 is 0 Å². The zero-order valence-corrected chi connectivity index (χ0v) is 12.7. The van der Waals surface area contributed by atoms with Gasteiger partial charge in [0.1, 0.15) is 5.82 Å². The molecule has 1 aromatic rings. The van der Waals surface area contributed by atoms with Crippen molar-refractivity contribution in [1.29, 1.82) is 0 Å². The van der Waals surface area contributed by atoms with Crippen molar-refractivity contribution < 1.29 is 0 Å². The molecule has 106 valence electrons. The fraction of sp³-hybridized carbons (Fsp3) is 0.562. The molecule has 0 atom stereocenters. The Hall–Kier alpha value is -1.35. The van der Waals surface area contributed by atoms with Crippen LogP contribution in [0.1, 0.15) is 33.4 Å². The van der Waals surface area contributed by atoms with Crippen LogP contribution >= 0.6 is 0 Å². The van der Waals surface area contributed by atoms with Crippen molar-refractivity contribution in [3.8, 4) is 0 Å². The largest absolute Gasteiger partial charge is 0.350 e. The third-order valence-corrected chi connectivity index (χ3v) is 2.89. The smallest absolute Gasteiger partial charge is 0.129 e. The molecule has 0 aliphatic rings. The van der Waals surface area contributed by atoms with Crippen molar-refractivity contribution in [1.82, 2.24) is 10.3 Å². The van der Waals surface area contributed by atoms with Crippen molar-refractivity contribution in [2.24, 2.45) is 5.92 Å². The summed E-state index contributed by atoms with van der Waals surface area (Å²) in [5.41, 5.74) is 1.09. The first kappa shape index (κ1) is 15.7. The quantitative estimate of drug-likeness (QED) is 0.728. The minimum absolute atomic E-state index is 0.421. The molecule has 0 aliphatic heterocycles. The molecular formula is C16H27N3. The predicted octanol–water partition coefficient (Wildman–Crippen LogP) is 3.23. The highest BCUT2D eigenvalue weighted by Crippen LogP contribution is 2.14. The van der Waals surface area contributed by atoms with Gasteiger partial charge >= 0.3 is 0 Å². The van der Waals surface area contributed by atoms with E-state index in [0.29, 0.717) is 12.0 Å². The van der Waals surface area contributed by atoms with Gasteiger partial charge in [0.05, 0.1) is 5.69 Å². The Bertz CT molecular complexity index is 385. The van der Waals surface area contributed by atoms with Crippen LogP contribution in [0.15, 0.2) is 30.9 Å². The van der Waals surface area contributed by atoms with E-state index in [4.69, 9.17) is 4.98 Å². The summed E-state index contributed by atoms with van der Waals surface area (Å²) in [7, 11) is 0. The van der Waals surface area contributed by atoms with Crippen molar-refractivity contribution >= 4 is 5.82 Å². The second-order valence-electron chi connectivity index (χ2n) is 5.55. The average Bonchev–Trinajstić information content (AvgIpc) is 2.35. The van der Waals surface area contributed by atoms with Gasteiger partial charge in [0.2, 0.25) is 0 Å². The van der Waals surface area contributed by atoms with Crippen LogP contribution in [-0.4, -0.2) is 24.1 Å². The van der Waals surface area contributed by atoms with E-state index in [1.807, 2.05) is 6.08 Å². The number of rotatable bonds is 8. The Labute approximate surface area is 117 Å². The molecule has 0 saturated heterocycles. The summed E-state index contributed by atoms with van der Waals surface area (Å²) in [6.45, 7) is 15.3. The summed E-state index contributed by atoms with van der Waals surface area (Å²) in [4.78, 5) is 6.97. The molecule has 3 heteroatoms. The fourth-order valence-corrected chi connectivity index (χ4v) is 1.92. The first-order valence-corrected chi connectivity index (χ1v) is 7.08. The number of anilines is 1. The molecule has 0 aliphatic carbocycles. The molecule has 0 amide bonds. The molecule has 3 nitrogen and oxygen atoms in total. The number of nitrogens with zero attached hydrogens (tertiary/aromatic N) is 2. The molecule has 0 radical (unpaired) electrons. The van der Waals surface area contributed by atoms with Gasteiger partial charge in [-0.2, -0.15) is 0 Å². The van der Waals surface area contributed by atoms with Crippen LogP contribution in [0.4, 0.5) is 5.82 Å². The van der Waals surface area contributed by atoms with E-state index in [1.165, 1.54) is 0 Å². The molecular weight excluding hydrogens is 234 g/mol. The van der Waals surface area contributed by atoms with E-state index in [1.54, 1.807) is 0 Å². The zero-order chi connectivity index (χ0) is 14.3. The van der Waals surface area contributed by atoms with Gasteiger partial charge in [-0.05, 0) is 38.4 Å². The summed E-state index contributed by atoms with van der Waals surface area (Å²) in [6, 6.07) is 6.63. The normalized spacial score (nSPS) is 11.1. The molecule has 0 fully saturated rings. The van der Waals surface area contributed by atoms with Crippen molar-refractivity contribution in [2.75, 3.05) is 18.0 Å². The lowest BCUT2D eigenvalue weighted by Crippen LogP contribution is -2.31.